The molecule has 9 heteroatoms. The summed E-state index contributed by atoms with van der Waals surface area (Å²) in [5.74, 6) is 2.16. The van der Waals surface area contributed by atoms with E-state index in [9.17, 15) is 4.79 Å². The Morgan fingerprint density at radius 3 is 2.51 bits per heavy atom. The minimum Gasteiger partial charge on any atom is -0.496 e. The number of ether oxygens (including phenoxy) is 2. The van der Waals surface area contributed by atoms with E-state index in [4.69, 9.17) is 31.2 Å². The van der Waals surface area contributed by atoms with Crippen LogP contribution in [0.5, 0.6) is 5.75 Å². The largest absolute Gasteiger partial charge is 0.496 e. The number of para-hydroxylation sites is 1. The molecule has 4 aromatic rings. The molecule has 0 spiro atoms. The van der Waals surface area contributed by atoms with Gasteiger partial charge in [0.15, 0.2) is 5.82 Å². The normalized spacial score (nSPS) is 11.1. The first kappa shape index (κ1) is 24.4. The summed E-state index contributed by atoms with van der Waals surface area (Å²) in [5, 5.41) is 4.88. The van der Waals surface area contributed by atoms with E-state index < -0.39 is 5.97 Å². The van der Waals surface area contributed by atoms with E-state index in [1.165, 1.54) is 7.11 Å². The molecule has 0 aliphatic heterocycles. The molecular weight excluding hydrogens is 464 g/mol. The molecule has 0 saturated heterocycles. The van der Waals surface area contributed by atoms with Gasteiger partial charge in [-0.3, -0.25) is 9.47 Å². The molecule has 0 unspecified atom stereocenters. The second-order valence-corrected chi connectivity index (χ2v) is 8.67. The molecule has 0 atom stereocenters. The monoisotopic (exact) mass is 492 g/mol. The number of carbonyl (C=O) groups excluding carboxylic acids is 1. The van der Waals surface area contributed by atoms with Crippen molar-refractivity contribution in [2.45, 2.75) is 27.1 Å². The van der Waals surface area contributed by atoms with Crippen LogP contribution in [-0.4, -0.2) is 46.5 Å². The molecule has 4 rings (SSSR count). The third kappa shape index (κ3) is 5.06. The van der Waals surface area contributed by atoms with Crippen LogP contribution >= 0.6 is 12.2 Å². The van der Waals surface area contributed by atoms with Crippen LogP contribution in [0.2, 0.25) is 0 Å². The number of aromatic nitrogens is 3. The SMILES string of the molecule is COC(=O)c1cc(CN(C)Cn2nc(-c3ccccc3OC)n(-c3ccc(C)cc3)c2=S)oc1C. The zero-order valence-electron chi connectivity index (χ0n) is 20.4. The van der Waals surface area contributed by atoms with E-state index in [2.05, 4.69) is 0 Å². The number of furan rings is 1. The third-order valence-corrected chi connectivity index (χ3v) is 6.05. The summed E-state index contributed by atoms with van der Waals surface area (Å²) in [6.45, 7) is 4.66. The van der Waals surface area contributed by atoms with Crippen LogP contribution in [-0.2, 0) is 18.0 Å². The molecule has 0 N–H and O–H groups in total. The van der Waals surface area contributed by atoms with Crippen molar-refractivity contribution < 1.29 is 18.7 Å². The number of hydrogen-bond donors (Lipinski definition) is 0. The van der Waals surface area contributed by atoms with Crippen molar-refractivity contribution >= 4 is 18.2 Å². The molecular formula is C26H28N4O4S. The van der Waals surface area contributed by atoms with E-state index in [0.29, 0.717) is 46.6 Å². The van der Waals surface area contributed by atoms with E-state index in [1.54, 1.807) is 24.8 Å². The molecule has 2 aromatic heterocycles. The molecule has 0 aliphatic carbocycles. The fourth-order valence-corrected chi connectivity index (χ4v) is 4.20. The fourth-order valence-electron chi connectivity index (χ4n) is 3.91. The second-order valence-electron chi connectivity index (χ2n) is 8.31. The van der Waals surface area contributed by atoms with Crippen molar-refractivity contribution in [3.63, 3.8) is 0 Å². The number of benzene rings is 2. The minimum atomic E-state index is -0.416. The number of methoxy groups -OCH3 is 2. The van der Waals surface area contributed by atoms with Crippen LogP contribution in [0.4, 0.5) is 0 Å². The highest BCUT2D eigenvalue weighted by atomic mass is 32.1. The van der Waals surface area contributed by atoms with Gasteiger partial charge in [0.2, 0.25) is 4.77 Å². The molecule has 0 bridgehead atoms. The lowest BCUT2D eigenvalue weighted by Crippen LogP contribution is -2.22. The molecule has 8 nitrogen and oxygen atoms in total. The van der Waals surface area contributed by atoms with Crippen LogP contribution in [0.25, 0.3) is 17.1 Å². The van der Waals surface area contributed by atoms with E-state index >= 15 is 0 Å². The van der Waals surface area contributed by atoms with Gasteiger partial charge in [0.25, 0.3) is 0 Å². The van der Waals surface area contributed by atoms with Gasteiger partial charge in [0.1, 0.15) is 22.8 Å². The van der Waals surface area contributed by atoms with Crippen molar-refractivity contribution in [3.05, 3.63) is 82.0 Å². The van der Waals surface area contributed by atoms with E-state index in [-0.39, 0.29) is 0 Å². The van der Waals surface area contributed by atoms with Crippen LogP contribution in [0.1, 0.15) is 27.4 Å². The minimum absolute atomic E-state index is 0.410. The van der Waals surface area contributed by atoms with Gasteiger partial charge in [-0.05, 0) is 63.4 Å². The summed E-state index contributed by atoms with van der Waals surface area (Å²) >= 11 is 5.88. The highest BCUT2D eigenvalue weighted by Gasteiger charge is 2.20. The van der Waals surface area contributed by atoms with Crippen molar-refractivity contribution in [2.24, 2.45) is 0 Å². The zero-order valence-corrected chi connectivity index (χ0v) is 21.3. The number of nitrogens with zero attached hydrogens (tertiary/aromatic N) is 4. The summed E-state index contributed by atoms with van der Waals surface area (Å²) in [4.78, 5) is 13.9. The molecule has 0 radical (unpaired) electrons. The summed E-state index contributed by atoms with van der Waals surface area (Å²) in [7, 11) is 4.93. The summed E-state index contributed by atoms with van der Waals surface area (Å²) in [6, 6.07) is 17.6. The molecule has 182 valence electrons. The highest BCUT2D eigenvalue weighted by Crippen LogP contribution is 2.31. The summed E-state index contributed by atoms with van der Waals surface area (Å²) in [6.07, 6.45) is 0. The molecule has 2 heterocycles. The lowest BCUT2D eigenvalue weighted by molar-refractivity contribution is 0.0599. The Hall–Kier alpha value is -3.69. The Morgan fingerprint density at radius 1 is 1.11 bits per heavy atom. The standard InChI is InChI=1S/C26H28N4O4S/c1-17-10-12-19(13-11-17)30-24(21-8-6-7-9-23(21)32-4)27-29(26(30)35)16-28(3)15-20-14-22(18(2)34-20)25(31)33-5/h6-14H,15-16H2,1-5H3. The smallest absolute Gasteiger partial charge is 0.341 e. The third-order valence-electron chi connectivity index (χ3n) is 5.65. The maximum Gasteiger partial charge on any atom is 0.341 e. The summed E-state index contributed by atoms with van der Waals surface area (Å²) < 4.78 is 20.5. The maximum absolute atomic E-state index is 11.9. The predicted octanol–water partition coefficient (Wildman–Crippen LogP) is 5.16. The molecule has 2 aromatic carbocycles. The van der Waals surface area contributed by atoms with Gasteiger partial charge in [-0.2, -0.15) is 0 Å². The predicted molar refractivity (Wildman–Crippen MR) is 135 cm³/mol. The first-order chi connectivity index (χ1) is 16.8. The van der Waals surface area contributed by atoms with Crippen molar-refractivity contribution in [3.8, 4) is 22.8 Å². The Bertz CT molecular complexity index is 1400. The number of rotatable bonds is 8. The van der Waals surface area contributed by atoms with E-state index in [1.807, 2.05) is 72.0 Å². The van der Waals surface area contributed by atoms with Crippen LogP contribution in [0.15, 0.2) is 59.0 Å². The Balaban J connectivity index is 1.70. The van der Waals surface area contributed by atoms with E-state index in [0.717, 1.165) is 16.8 Å². The lowest BCUT2D eigenvalue weighted by Gasteiger charge is -2.14. The van der Waals surface area contributed by atoms with Crippen LogP contribution in [0, 0.1) is 18.6 Å². The van der Waals surface area contributed by atoms with Gasteiger partial charge >= 0.3 is 5.97 Å². The first-order valence-electron chi connectivity index (χ1n) is 11.1. The number of hydrogen-bond acceptors (Lipinski definition) is 7. The molecule has 0 amide bonds. The Morgan fingerprint density at radius 2 is 1.83 bits per heavy atom. The molecule has 0 fully saturated rings. The molecule has 0 aliphatic rings. The molecule has 0 saturated carbocycles. The van der Waals surface area contributed by atoms with Crippen molar-refractivity contribution in [1.29, 1.82) is 0 Å². The maximum atomic E-state index is 11.9. The van der Waals surface area contributed by atoms with Gasteiger partial charge in [-0.1, -0.05) is 29.8 Å². The number of esters is 1. The van der Waals surface area contributed by atoms with Gasteiger partial charge < -0.3 is 13.9 Å². The summed E-state index contributed by atoms with van der Waals surface area (Å²) in [5.41, 5.74) is 3.34. The molecule has 35 heavy (non-hydrogen) atoms. The topological polar surface area (TPSA) is 74.7 Å². The average Bonchev–Trinajstić information content (AvgIpc) is 3.38. The average molecular weight is 493 g/mol. The second kappa shape index (κ2) is 10.3. The van der Waals surface area contributed by atoms with Crippen LogP contribution in [0.3, 0.4) is 0 Å². The lowest BCUT2D eigenvalue weighted by atomic mass is 10.1. The number of carbonyl (C=O) groups is 1. The number of aryl methyl sites for hydroxylation is 2. The first-order valence-corrected chi connectivity index (χ1v) is 11.5. The van der Waals surface area contributed by atoms with Crippen LogP contribution < -0.4 is 4.74 Å². The quantitative estimate of drug-likeness (QED) is 0.248. The van der Waals surface area contributed by atoms with Gasteiger partial charge in [0.05, 0.1) is 33.0 Å². The Kier molecular flexibility index (Phi) is 7.18. The zero-order chi connectivity index (χ0) is 25.1. The van der Waals surface area contributed by atoms with Crippen molar-refractivity contribution in [2.75, 3.05) is 21.3 Å². The fraction of sp³-hybridized carbons (Fsp3) is 0.269. The van der Waals surface area contributed by atoms with Crippen molar-refractivity contribution in [1.82, 2.24) is 19.2 Å². The highest BCUT2D eigenvalue weighted by molar-refractivity contribution is 7.71. The Labute approximate surface area is 209 Å². The van der Waals surface area contributed by atoms with Gasteiger partial charge in [0, 0.05) is 5.69 Å². The van der Waals surface area contributed by atoms with Gasteiger partial charge in [-0.15, -0.1) is 5.10 Å². The van der Waals surface area contributed by atoms with Gasteiger partial charge in [-0.25, -0.2) is 9.48 Å².